The highest BCUT2D eigenvalue weighted by Crippen LogP contribution is 2.30. The zero-order valence-corrected chi connectivity index (χ0v) is 10.7. The fourth-order valence-corrected chi connectivity index (χ4v) is 1.91. The molecule has 1 unspecified atom stereocenters. The van der Waals surface area contributed by atoms with Gasteiger partial charge in [0.05, 0.1) is 18.6 Å². The third kappa shape index (κ3) is 3.12. The van der Waals surface area contributed by atoms with Crippen LogP contribution in [0.15, 0.2) is 48.5 Å². The van der Waals surface area contributed by atoms with Crippen LogP contribution in [0.4, 0.5) is 0 Å². The standard InChI is InChI=1S/C16H15NO2/c1-12-14(15(18)10-11-17)8-5-9-16(12)19-13-6-3-2-4-7-13/h2-9,15,18H,10H2,1H3. The smallest absolute Gasteiger partial charge is 0.130 e. The summed E-state index contributed by atoms with van der Waals surface area (Å²) in [6, 6.07) is 16.9. The van der Waals surface area contributed by atoms with Crippen LogP contribution >= 0.6 is 0 Å². The lowest BCUT2D eigenvalue weighted by Gasteiger charge is -2.15. The lowest BCUT2D eigenvalue weighted by Crippen LogP contribution is -2.00. The number of rotatable bonds is 4. The van der Waals surface area contributed by atoms with Gasteiger partial charge >= 0.3 is 0 Å². The summed E-state index contributed by atoms with van der Waals surface area (Å²) < 4.78 is 5.78. The topological polar surface area (TPSA) is 53.2 Å². The second kappa shape index (κ2) is 6.03. The molecule has 0 spiro atoms. The number of hydrogen-bond acceptors (Lipinski definition) is 3. The van der Waals surface area contributed by atoms with Crippen molar-refractivity contribution in [3.8, 4) is 17.6 Å². The van der Waals surface area contributed by atoms with Crippen molar-refractivity contribution in [2.24, 2.45) is 0 Å². The van der Waals surface area contributed by atoms with Crippen LogP contribution < -0.4 is 4.74 Å². The second-order valence-electron chi connectivity index (χ2n) is 4.26. The fourth-order valence-electron chi connectivity index (χ4n) is 1.91. The SMILES string of the molecule is Cc1c(Oc2ccccc2)cccc1C(O)CC#N. The van der Waals surface area contributed by atoms with Crippen molar-refractivity contribution in [1.29, 1.82) is 5.26 Å². The molecule has 1 atom stereocenters. The molecular formula is C16H15NO2. The number of nitriles is 1. The van der Waals surface area contributed by atoms with E-state index < -0.39 is 6.10 Å². The summed E-state index contributed by atoms with van der Waals surface area (Å²) in [6.45, 7) is 1.88. The number of para-hydroxylation sites is 1. The van der Waals surface area contributed by atoms with Gasteiger partial charge in [0, 0.05) is 0 Å². The number of aliphatic hydroxyl groups excluding tert-OH is 1. The maximum absolute atomic E-state index is 9.91. The van der Waals surface area contributed by atoms with Crippen LogP contribution in [0, 0.1) is 18.3 Å². The molecule has 2 rings (SSSR count). The van der Waals surface area contributed by atoms with Crippen molar-refractivity contribution < 1.29 is 9.84 Å². The zero-order chi connectivity index (χ0) is 13.7. The number of ether oxygens (including phenoxy) is 1. The van der Waals surface area contributed by atoms with E-state index in [0.717, 1.165) is 16.9 Å². The van der Waals surface area contributed by atoms with E-state index in [-0.39, 0.29) is 6.42 Å². The highest BCUT2D eigenvalue weighted by molar-refractivity contribution is 5.43. The van der Waals surface area contributed by atoms with Crippen molar-refractivity contribution >= 4 is 0 Å². The summed E-state index contributed by atoms with van der Waals surface area (Å²) in [5, 5.41) is 18.6. The molecule has 2 aromatic rings. The van der Waals surface area contributed by atoms with Crippen LogP contribution in [-0.2, 0) is 0 Å². The quantitative estimate of drug-likeness (QED) is 0.903. The molecule has 2 aromatic carbocycles. The molecular weight excluding hydrogens is 238 g/mol. The number of hydrogen-bond donors (Lipinski definition) is 1. The van der Waals surface area contributed by atoms with Crippen LogP contribution in [0.3, 0.4) is 0 Å². The Labute approximate surface area is 112 Å². The summed E-state index contributed by atoms with van der Waals surface area (Å²) in [5.74, 6) is 1.44. The maximum atomic E-state index is 9.91. The molecule has 0 aliphatic carbocycles. The molecule has 0 aliphatic heterocycles. The van der Waals surface area contributed by atoms with Gasteiger partial charge in [-0.2, -0.15) is 5.26 Å². The average molecular weight is 253 g/mol. The van der Waals surface area contributed by atoms with Crippen molar-refractivity contribution in [3.63, 3.8) is 0 Å². The lowest BCUT2D eigenvalue weighted by atomic mass is 10.0. The summed E-state index contributed by atoms with van der Waals surface area (Å²) in [5.41, 5.74) is 1.59. The molecule has 19 heavy (non-hydrogen) atoms. The van der Waals surface area contributed by atoms with Crippen molar-refractivity contribution in [1.82, 2.24) is 0 Å². The van der Waals surface area contributed by atoms with E-state index >= 15 is 0 Å². The predicted octanol–water partition coefficient (Wildman–Crippen LogP) is 3.73. The normalized spacial score (nSPS) is 11.6. The van der Waals surface area contributed by atoms with E-state index in [9.17, 15) is 5.11 Å². The van der Waals surface area contributed by atoms with Gasteiger partial charge in [-0.25, -0.2) is 0 Å². The molecule has 0 heterocycles. The third-order valence-corrected chi connectivity index (χ3v) is 2.94. The van der Waals surface area contributed by atoms with Crippen LogP contribution in [0.5, 0.6) is 11.5 Å². The maximum Gasteiger partial charge on any atom is 0.130 e. The van der Waals surface area contributed by atoms with Crippen molar-refractivity contribution in [2.45, 2.75) is 19.4 Å². The Balaban J connectivity index is 2.28. The molecule has 1 N–H and O–H groups in total. The summed E-state index contributed by atoms with van der Waals surface area (Å²) in [6.07, 6.45) is -0.695. The van der Waals surface area contributed by atoms with Gasteiger partial charge in [-0.1, -0.05) is 30.3 Å². The molecule has 0 aromatic heterocycles. The van der Waals surface area contributed by atoms with Gasteiger partial charge in [-0.05, 0) is 36.2 Å². The Hall–Kier alpha value is -2.31. The van der Waals surface area contributed by atoms with E-state index in [1.165, 1.54) is 0 Å². The number of aliphatic hydroxyl groups is 1. The number of benzene rings is 2. The Morgan fingerprint density at radius 1 is 1.16 bits per heavy atom. The minimum atomic E-state index is -0.774. The molecule has 0 aliphatic rings. The first kappa shape index (κ1) is 13.1. The van der Waals surface area contributed by atoms with E-state index in [1.807, 2.05) is 61.5 Å². The minimum absolute atomic E-state index is 0.0790. The van der Waals surface area contributed by atoms with E-state index in [2.05, 4.69) is 0 Å². The molecule has 0 amide bonds. The predicted molar refractivity (Wildman–Crippen MR) is 72.9 cm³/mol. The molecule has 0 fully saturated rings. The van der Waals surface area contributed by atoms with Crippen LogP contribution in [-0.4, -0.2) is 5.11 Å². The lowest BCUT2D eigenvalue weighted by molar-refractivity contribution is 0.182. The van der Waals surface area contributed by atoms with Gasteiger partial charge in [0.2, 0.25) is 0 Å². The first-order valence-electron chi connectivity index (χ1n) is 6.10. The van der Waals surface area contributed by atoms with Crippen molar-refractivity contribution in [3.05, 3.63) is 59.7 Å². The summed E-state index contributed by atoms with van der Waals surface area (Å²) in [4.78, 5) is 0. The van der Waals surface area contributed by atoms with Gasteiger partial charge < -0.3 is 9.84 Å². The summed E-state index contributed by atoms with van der Waals surface area (Å²) >= 11 is 0. The van der Waals surface area contributed by atoms with Gasteiger partial charge in [-0.3, -0.25) is 0 Å². The highest BCUT2D eigenvalue weighted by Gasteiger charge is 2.13. The summed E-state index contributed by atoms with van der Waals surface area (Å²) in [7, 11) is 0. The van der Waals surface area contributed by atoms with E-state index in [1.54, 1.807) is 0 Å². The van der Waals surface area contributed by atoms with Gasteiger partial charge in [0.1, 0.15) is 11.5 Å². The van der Waals surface area contributed by atoms with Crippen LogP contribution in [0.25, 0.3) is 0 Å². The Morgan fingerprint density at radius 2 is 1.89 bits per heavy atom. The fraction of sp³-hybridized carbons (Fsp3) is 0.188. The minimum Gasteiger partial charge on any atom is -0.457 e. The Bertz CT molecular complexity index is 587. The second-order valence-corrected chi connectivity index (χ2v) is 4.26. The molecule has 0 bridgehead atoms. The molecule has 3 heteroatoms. The first-order chi connectivity index (χ1) is 9.22. The van der Waals surface area contributed by atoms with Crippen molar-refractivity contribution in [2.75, 3.05) is 0 Å². The third-order valence-electron chi connectivity index (χ3n) is 2.94. The molecule has 0 saturated heterocycles. The number of nitrogens with zero attached hydrogens (tertiary/aromatic N) is 1. The van der Waals surface area contributed by atoms with Gasteiger partial charge in [0.25, 0.3) is 0 Å². The van der Waals surface area contributed by atoms with E-state index in [0.29, 0.717) is 5.75 Å². The van der Waals surface area contributed by atoms with Crippen LogP contribution in [0.2, 0.25) is 0 Å². The monoisotopic (exact) mass is 253 g/mol. The average Bonchev–Trinajstić information content (AvgIpc) is 2.42. The highest BCUT2D eigenvalue weighted by atomic mass is 16.5. The molecule has 0 saturated carbocycles. The zero-order valence-electron chi connectivity index (χ0n) is 10.7. The van der Waals surface area contributed by atoms with Gasteiger partial charge in [-0.15, -0.1) is 0 Å². The Morgan fingerprint density at radius 3 is 2.58 bits per heavy atom. The molecule has 96 valence electrons. The largest absolute Gasteiger partial charge is 0.457 e. The van der Waals surface area contributed by atoms with Gasteiger partial charge in [0.15, 0.2) is 0 Å². The first-order valence-corrected chi connectivity index (χ1v) is 6.10. The van der Waals surface area contributed by atoms with E-state index in [4.69, 9.17) is 10.00 Å². The molecule has 3 nitrogen and oxygen atoms in total. The van der Waals surface area contributed by atoms with Crippen LogP contribution in [0.1, 0.15) is 23.7 Å². The molecule has 0 radical (unpaired) electrons. The Kier molecular flexibility index (Phi) is 4.17.